The number of amides is 1. The topological polar surface area (TPSA) is 83.8 Å². The van der Waals surface area contributed by atoms with Gasteiger partial charge >= 0.3 is 0 Å². The summed E-state index contributed by atoms with van der Waals surface area (Å²) in [6, 6.07) is -0.0458. The van der Waals surface area contributed by atoms with E-state index in [2.05, 4.69) is 15.5 Å². The van der Waals surface area contributed by atoms with E-state index in [9.17, 15) is 4.79 Å². The summed E-state index contributed by atoms with van der Waals surface area (Å²) in [6.07, 6.45) is 5.39. The van der Waals surface area contributed by atoms with Crippen molar-refractivity contribution in [3.8, 4) is 0 Å². The molecule has 1 amide bonds. The first kappa shape index (κ1) is 12.1. The van der Waals surface area contributed by atoms with Gasteiger partial charge in [-0.3, -0.25) is 9.89 Å². The Morgan fingerprint density at radius 1 is 1.76 bits per heavy atom. The van der Waals surface area contributed by atoms with Crippen molar-refractivity contribution in [3.63, 3.8) is 0 Å². The monoisotopic (exact) mass is 236 g/mol. The summed E-state index contributed by atoms with van der Waals surface area (Å²) in [5, 5.41) is 9.68. The molecule has 1 aliphatic rings. The summed E-state index contributed by atoms with van der Waals surface area (Å²) in [7, 11) is 0. The first-order chi connectivity index (χ1) is 8.08. The Hall–Kier alpha value is -1.36. The summed E-state index contributed by atoms with van der Waals surface area (Å²) in [5.74, 6) is 0.708. The number of anilines is 1. The van der Waals surface area contributed by atoms with Crippen molar-refractivity contribution >= 4 is 11.7 Å². The zero-order valence-corrected chi connectivity index (χ0v) is 10.4. The number of nitrogens with one attached hydrogen (secondary N) is 2. The normalized spacial score (nSPS) is 28.3. The molecule has 4 N–H and O–H groups in total. The number of aromatic nitrogens is 2. The van der Waals surface area contributed by atoms with Crippen LogP contribution in [0.15, 0.2) is 6.20 Å². The highest BCUT2D eigenvalue weighted by Gasteiger charge is 2.43. The molecule has 2 unspecified atom stereocenters. The number of hydrogen-bond donors (Lipinski definition) is 3. The van der Waals surface area contributed by atoms with Gasteiger partial charge in [-0.2, -0.15) is 5.10 Å². The van der Waals surface area contributed by atoms with Gasteiger partial charge < -0.3 is 11.1 Å². The van der Waals surface area contributed by atoms with E-state index in [1.54, 1.807) is 6.20 Å². The molecule has 0 saturated heterocycles. The number of hydrogen-bond acceptors (Lipinski definition) is 3. The van der Waals surface area contributed by atoms with E-state index in [0.29, 0.717) is 5.82 Å². The molecule has 0 aliphatic heterocycles. The Morgan fingerprint density at radius 2 is 2.53 bits per heavy atom. The molecule has 1 fully saturated rings. The summed E-state index contributed by atoms with van der Waals surface area (Å²) < 4.78 is 0. The standard InChI is InChI=1S/C12H20N4O/c1-3-8-7-14-16-10(8)15-11(17)12(2)6-4-5-9(12)13/h7,9H,3-6,13H2,1-2H3,(H2,14,15,16,17). The minimum Gasteiger partial charge on any atom is -0.327 e. The van der Waals surface area contributed by atoms with Gasteiger partial charge in [-0.15, -0.1) is 0 Å². The molecular formula is C12H20N4O. The van der Waals surface area contributed by atoms with E-state index in [-0.39, 0.29) is 11.9 Å². The predicted molar refractivity (Wildman–Crippen MR) is 66.5 cm³/mol. The van der Waals surface area contributed by atoms with Crippen LogP contribution in [0.4, 0.5) is 5.82 Å². The lowest BCUT2D eigenvalue weighted by molar-refractivity contribution is -0.125. The summed E-state index contributed by atoms with van der Waals surface area (Å²) >= 11 is 0. The first-order valence-electron chi connectivity index (χ1n) is 6.17. The van der Waals surface area contributed by atoms with Gasteiger partial charge in [-0.25, -0.2) is 0 Å². The van der Waals surface area contributed by atoms with Crippen molar-refractivity contribution in [2.24, 2.45) is 11.1 Å². The lowest BCUT2D eigenvalue weighted by Gasteiger charge is -2.27. The second-order valence-electron chi connectivity index (χ2n) is 4.99. The number of carbonyl (C=O) groups is 1. The molecule has 1 aromatic rings. The lowest BCUT2D eigenvalue weighted by Crippen LogP contribution is -2.44. The van der Waals surface area contributed by atoms with Gasteiger partial charge in [0, 0.05) is 11.6 Å². The van der Waals surface area contributed by atoms with Crippen molar-refractivity contribution in [1.29, 1.82) is 0 Å². The quantitative estimate of drug-likeness (QED) is 0.742. The second kappa shape index (κ2) is 4.49. The van der Waals surface area contributed by atoms with E-state index in [1.165, 1.54) is 0 Å². The SMILES string of the molecule is CCc1cn[nH]c1NC(=O)C1(C)CCCC1N. The molecule has 1 heterocycles. The number of nitrogens with zero attached hydrogens (tertiary/aromatic N) is 1. The van der Waals surface area contributed by atoms with E-state index >= 15 is 0 Å². The Balaban J connectivity index is 2.12. The maximum atomic E-state index is 12.3. The van der Waals surface area contributed by atoms with E-state index in [4.69, 9.17) is 5.73 Å². The molecule has 0 spiro atoms. The first-order valence-corrected chi connectivity index (χ1v) is 6.17. The van der Waals surface area contributed by atoms with Gasteiger partial charge in [-0.05, 0) is 26.2 Å². The molecule has 94 valence electrons. The second-order valence-corrected chi connectivity index (χ2v) is 4.99. The van der Waals surface area contributed by atoms with Crippen LogP contribution >= 0.6 is 0 Å². The maximum Gasteiger partial charge on any atom is 0.233 e. The molecule has 2 atom stereocenters. The molecule has 1 aromatic heterocycles. The highest BCUT2D eigenvalue weighted by Crippen LogP contribution is 2.37. The van der Waals surface area contributed by atoms with Gasteiger partial charge in [0.05, 0.1) is 11.6 Å². The van der Waals surface area contributed by atoms with Crippen molar-refractivity contribution < 1.29 is 4.79 Å². The van der Waals surface area contributed by atoms with Crippen LogP contribution < -0.4 is 11.1 Å². The average Bonchev–Trinajstić information content (AvgIpc) is 2.87. The van der Waals surface area contributed by atoms with Crippen molar-refractivity contribution in [2.75, 3.05) is 5.32 Å². The number of aromatic amines is 1. The summed E-state index contributed by atoms with van der Waals surface area (Å²) in [6.45, 7) is 3.98. The Labute approximate surface area is 101 Å². The Morgan fingerprint density at radius 3 is 3.12 bits per heavy atom. The predicted octanol–water partition coefficient (Wildman–Crippen LogP) is 1.43. The fourth-order valence-electron chi connectivity index (χ4n) is 2.42. The summed E-state index contributed by atoms with van der Waals surface area (Å²) in [4.78, 5) is 12.3. The maximum absolute atomic E-state index is 12.3. The van der Waals surface area contributed by atoms with Gasteiger partial charge in [0.25, 0.3) is 0 Å². The van der Waals surface area contributed by atoms with E-state index in [0.717, 1.165) is 31.2 Å². The zero-order valence-electron chi connectivity index (χ0n) is 10.4. The molecule has 17 heavy (non-hydrogen) atoms. The van der Waals surface area contributed by atoms with Gasteiger partial charge in [-0.1, -0.05) is 13.3 Å². The number of nitrogens with two attached hydrogens (primary N) is 1. The number of H-pyrrole nitrogens is 1. The molecule has 0 bridgehead atoms. The van der Waals surface area contributed by atoms with E-state index < -0.39 is 5.41 Å². The van der Waals surface area contributed by atoms with Gasteiger partial charge in [0.15, 0.2) is 0 Å². The Kier molecular flexibility index (Phi) is 3.19. The minimum atomic E-state index is -0.448. The fraction of sp³-hybridized carbons (Fsp3) is 0.667. The molecular weight excluding hydrogens is 216 g/mol. The van der Waals surface area contributed by atoms with Gasteiger partial charge in [0.2, 0.25) is 5.91 Å². The molecule has 5 nitrogen and oxygen atoms in total. The summed E-state index contributed by atoms with van der Waals surface area (Å²) in [5.41, 5.74) is 6.60. The highest BCUT2D eigenvalue weighted by molar-refractivity contribution is 5.95. The molecule has 1 aliphatic carbocycles. The number of aryl methyl sites for hydroxylation is 1. The number of carbonyl (C=O) groups excluding carboxylic acids is 1. The third-order valence-electron chi connectivity index (χ3n) is 3.89. The van der Waals surface area contributed by atoms with Crippen molar-refractivity contribution in [2.45, 2.75) is 45.6 Å². The largest absolute Gasteiger partial charge is 0.327 e. The fourth-order valence-corrected chi connectivity index (χ4v) is 2.42. The molecule has 2 rings (SSSR count). The van der Waals surface area contributed by atoms with Crippen molar-refractivity contribution in [1.82, 2.24) is 10.2 Å². The molecule has 0 radical (unpaired) electrons. The third-order valence-corrected chi connectivity index (χ3v) is 3.89. The van der Waals surface area contributed by atoms with Crippen LogP contribution in [0.3, 0.4) is 0 Å². The molecule has 0 aromatic carbocycles. The highest BCUT2D eigenvalue weighted by atomic mass is 16.2. The van der Waals surface area contributed by atoms with Crippen LogP contribution in [0.25, 0.3) is 0 Å². The molecule has 5 heteroatoms. The van der Waals surface area contributed by atoms with Crippen LogP contribution in [0.2, 0.25) is 0 Å². The number of rotatable bonds is 3. The van der Waals surface area contributed by atoms with Crippen molar-refractivity contribution in [3.05, 3.63) is 11.8 Å². The smallest absolute Gasteiger partial charge is 0.233 e. The van der Waals surface area contributed by atoms with Gasteiger partial charge in [0.1, 0.15) is 5.82 Å². The van der Waals surface area contributed by atoms with Crippen LogP contribution in [-0.2, 0) is 11.2 Å². The van der Waals surface area contributed by atoms with Crippen LogP contribution in [0.1, 0.15) is 38.7 Å². The van der Waals surface area contributed by atoms with E-state index in [1.807, 2.05) is 13.8 Å². The zero-order chi connectivity index (χ0) is 12.5. The Bertz CT molecular complexity index is 414. The third kappa shape index (κ3) is 2.07. The van der Waals surface area contributed by atoms with Crippen LogP contribution in [0.5, 0.6) is 0 Å². The molecule has 1 saturated carbocycles. The van der Waals surface area contributed by atoms with Crippen LogP contribution in [-0.4, -0.2) is 22.1 Å². The average molecular weight is 236 g/mol. The minimum absolute atomic E-state index is 0.00134. The lowest BCUT2D eigenvalue weighted by atomic mass is 9.84. The van der Waals surface area contributed by atoms with Crippen LogP contribution in [0, 0.1) is 5.41 Å².